The minimum absolute atomic E-state index is 0.137. The van der Waals surface area contributed by atoms with Crippen LogP contribution in [0.25, 0.3) is 185 Å². The van der Waals surface area contributed by atoms with E-state index in [4.69, 9.17) is 0 Å². The van der Waals surface area contributed by atoms with Gasteiger partial charge in [0.05, 0.1) is 11.0 Å². The van der Waals surface area contributed by atoms with E-state index in [-0.39, 0.29) is 6.71 Å². The Labute approximate surface area is 499 Å². The lowest BCUT2D eigenvalue weighted by molar-refractivity contribution is 1.14. The van der Waals surface area contributed by atoms with Gasteiger partial charge in [-0.15, -0.1) is 0 Å². The molecule has 0 spiro atoms. The zero-order chi connectivity index (χ0) is 56.3. The predicted octanol–water partition coefficient (Wildman–Crippen LogP) is 20.4. The fourth-order valence-corrected chi connectivity index (χ4v) is 16.9. The van der Waals surface area contributed by atoms with E-state index < -0.39 is 0 Å². The van der Waals surface area contributed by atoms with Crippen LogP contribution in [-0.2, 0) is 0 Å². The van der Waals surface area contributed by atoms with Crippen LogP contribution in [-0.4, -0.2) is 15.8 Å². The van der Waals surface area contributed by atoms with Gasteiger partial charge in [-0.1, -0.05) is 224 Å². The highest BCUT2D eigenvalue weighted by Gasteiger charge is 2.42. The van der Waals surface area contributed by atoms with Crippen molar-refractivity contribution in [2.24, 2.45) is 0 Å². The van der Waals surface area contributed by atoms with E-state index in [1.807, 2.05) is 0 Å². The largest absolute Gasteiger partial charge is 0.310 e. The molecule has 17 aromatic carbocycles. The Bertz CT molecular complexity index is 6200. The highest BCUT2D eigenvalue weighted by molar-refractivity contribution is 7.00. The topological polar surface area (TPSA) is 9.86 Å². The molecule has 0 fully saturated rings. The van der Waals surface area contributed by atoms with Crippen LogP contribution < -0.4 is 16.4 Å². The zero-order valence-electron chi connectivity index (χ0n) is 47.1. The van der Waals surface area contributed by atoms with Gasteiger partial charge in [0, 0.05) is 49.3 Å². The molecule has 0 radical (unpaired) electrons. The second-order valence-electron chi connectivity index (χ2n) is 24.5. The van der Waals surface area contributed by atoms with E-state index >= 15 is 0 Å². The molecule has 2 nitrogen and oxygen atoms in total. The Hall–Kier alpha value is -11.3. The van der Waals surface area contributed by atoms with Gasteiger partial charge in [-0.2, -0.15) is 0 Å². The lowest BCUT2D eigenvalue weighted by Crippen LogP contribution is -2.59. The molecule has 4 heterocycles. The van der Waals surface area contributed by atoms with Gasteiger partial charge in [-0.25, -0.2) is 0 Å². The number of aromatic nitrogens is 2. The molecule has 19 aromatic rings. The third-order valence-corrected chi connectivity index (χ3v) is 20.3. The number of hydrogen-bond donors (Lipinski definition) is 0. The van der Waals surface area contributed by atoms with Crippen molar-refractivity contribution in [3.63, 3.8) is 0 Å². The van der Waals surface area contributed by atoms with Crippen molar-refractivity contribution in [1.29, 1.82) is 0 Å². The molecule has 0 N–H and O–H groups in total. The highest BCUT2D eigenvalue weighted by atomic mass is 15.0. The first-order chi connectivity index (χ1) is 43.2. The standard InChI is InChI=1S/C84H47BN2/c1-7-24-57-48(18-1)40-49-19-2-8-25-58(49)77(57)54-36-38-73-68(43-54)69-44-55(78-59-26-9-3-20-50(59)41-51-21-4-10-27-60(51)78)46-71-83(69)86(73)75-34-17-35-76-82(75)85(71)72-47-56(79-61-28-11-5-22-52(61)42-53-23-6-12-29-62(53)79)45-70-81-74(87(76)84(70)72)39-37-67-65-32-14-13-30-63(65)64-31-15-16-33-66(64)80(67)81/h1-47H. The molecule has 2 aliphatic heterocycles. The maximum Gasteiger partial charge on any atom is 0.252 e. The van der Waals surface area contributed by atoms with Gasteiger partial charge in [0.2, 0.25) is 0 Å². The van der Waals surface area contributed by atoms with Gasteiger partial charge >= 0.3 is 0 Å². The molecule has 87 heavy (non-hydrogen) atoms. The van der Waals surface area contributed by atoms with E-state index in [0.717, 1.165) is 0 Å². The summed E-state index contributed by atoms with van der Waals surface area (Å²) in [6, 6.07) is 109. The summed E-state index contributed by atoms with van der Waals surface area (Å²) in [5.74, 6) is 0. The fraction of sp³-hybridized carbons (Fsp3) is 0. The molecule has 2 aliphatic rings. The van der Waals surface area contributed by atoms with Crippen molar-refractivity contribution in [3.05, 3.63) is 285 Å². The Morgan fingerprint density at radius 2 is 0.575 bits per heavy atom. The van der Waals surface area contributed by atoms with Crippen molar-refractivity contribution in [1.82, 2.24) is 9.13 Å². The van der Waals surface area contributed by atoms with Crippen LogP contribution in [0.4, 0.5) is 0 Å². The zero-order valence-corrected chi connectivity index (χ0v) is 47.1. The van der Waals surface area contributed by atoms with E-state index in [1.165, 1.54) is 202 Å². The van der Waals surface area contributed by atoms with Gasteiger partial charge in [0.15, 0.2) is 0 Å². The molecule has 0 saturated heterocycles. The first-order valence-corrected chi connectivity index (χ1v) is 30.5. The van der Waals surface area contributed by atoms with Gasteiger partial charge < -0.3 is 9.13 Å². The van der Waals surface area contributed by atoms with E-state index in [2.05, 4.69) is 294 Å². The Morgan fingerprint density at radius 1 is 0.218 bits per heavy atom. The molecule has 3 heteroatoms. The minimum atomic E-state index is -0.137. The molecular weight excluding hydrogens is 1050 g/mol. The van der Waals surface area contributed by atoms with Gasteiger partial charge in [0.1, 0.15) is 0 Å². The first-order valence-electron chi connectivity index (χ1n) is 30.5. The second kappa shape index (κ2) is 16.8. The number of nitrogens with zero attached hydrogens (tertiary/aromatic N) is 2. The summed E-state index contributed by atoms with van der Waals surface area (Å²) in [5, 5.41) is 27.8. The minimum Gasteiger partial charge on any atom is -0.310 e. The van der Waals surface area contributed by atoms with Crippen molar-refractivity contribution in [3.8, 4) is 44.8 Å². The molecular formula is C84H47BN2. The summed E-state index contributed by atoms with van der Waals surface area (Å²) in [7, 11) is 0. The molecule has 21 rings (SSSR count). The number of benzene rings is 17. The Balaban J connectivity index is 0.963. The average Bonchev–Trinajstić information content (AvgIpc) is 1.57. The lowest BCUT2D eigenvalue weighted by atomic mass is 9.34. The molecule has 0 amide bonds. The summed E-state index contributed by atoms with van der Waals surface area (Å²) in [6.07, 6.45) is 0. The predicted molar refractivity (Wildman–Crippen MR) is 374 cm³/mol. The molecule has 0 bridgehead atoms. The van der Waals surface area contributed by atoms with Crippen LogP contribution >= 0.6 is 0 Å². The third kappa shape index (κ3) is 6.00. The Kier molecular flexibility index (Phi) is 8.89. The molecule has 0 saturated carbocycles. The maximum absolute atomic E-state index is 2.67. The van der Waals surface area contributed by atoms with E-state index in [9.17, 15) is 0 Å². The SMILES string of the molecule is c1cc2c3c(c1)-n1c4ccc5c6ccccc6c6ccccc6c5c4c4cc(-c5c6ccccc6cc6ccccc56)cc(c41)B3c1cc(-c3c4ccccc4cc4ccccc34)cc3c4cc(-c5c6ccccc6cc6ccccc56)ccc4n-2c13. The van der Waals surface area contributed by atoms with Crippen molar-refractivity contribution in [2.75, 3.05) is 0 Å². The van der Waals surface area contributed by atoms with Crippen molar-refractivity contribution in [2.45, 2.75) is 0 Å². The highest BCUT2D eigenvalue weighted by Crippen LogP contribution is 2.49. The number of rotatable bonds is 3. The van der Waals surface area contributed by atoms with Crippen LogP contribution in [0.2, 0.25) is 0 Å². The van der Waals surface area contributed by atoms with Gasteiger partial charge in [0.25, 0.3) is 6.71 Å². The molecule has 0 atom stereocenters. The summed E-state index contributed by atoms with van der Waals surface area (Å²) in [5.41, 5.74) is 18.9. The number of fused-ring (bicyclic) bond motifs is 23. The number of hydrogen-bond acceptors (Lipinski definition) is 0. The fourth-order valence-electron chi connectivity index (χ4n) is 16.9. The average molecular weight is 1100 g/mol. The second-order valence-corrected chi connectivity index (χ2v) is 24.5. The van der Waals surface area contributed by atoms with Crippen molar-refractivity contribution < 1.29 is 0 Å². The quantitative estimate of drug-likeness (QED) is 0.0948. The van der Waals surface area contributed by atoms with E-state index in [0.29, 0.717) is 0 Å². The van der Waals surface area contributed by atoms with Crippen LogP contribution in [0, 0.1) is 0 Å². The third-order valence-electron chi connectivity index (χ3n) is 20.3. The van der Waals surface area contributed by atoms with Crippen LogP contribution in [0.15, 0.2) is 285 Å². The van der Waals surface area contributed by atoms with Crippen LogP contribution in [0.3, 0.4) is 0 Å². The summed E-state index contributed by atoms with van der Waals surface area (Å²) in [6.45, 7) is -0.137. The normalized spacial score (nSPS) is 12.8. The lowest BCUT2D eigenvalue weighted by Gasteiger charge is -2.34. The van der Waals surface area contributed by atoms with Crippen molar-refractivity contribution >= 4 is 164 Å². The first kappa shape index (κ1) is 46.2. The smallest absolute Gasteiger partial charge is 0.252 e. The maximum atomic E-state index is 2.67. The summed E-state index contributed by atoms with van der Waals surface area (Å²) in [4.78, 5) is 0. The molecule has 0 aliphatic carbocycles. The van der Waals surface area contributed by atoms with E-state index in [1.54, 1.807) is 0 Å². The van der Waals surface area contributed by atoms with Crippen LogP contribution in [0.5, 0.6) is 0 Å². The monoisotopic (exact) mass is 1090 g/mol. The summed E-state index contributed by atoms with van der Waals surface area (Å²) >= 11 is 0. The molecule has 0 unspecified atom stereocenters. The summed E-state index contributed by atoms with van der Waals surface area (Å²) < 4.78 is 5.32. The van der Waals surface area contributed by atoms with Gasteiger partial charge in [-0.05, 0) is 202 Å². The molecule has 396 valence electrons. The van der Waals surface area contributed by atoms with Crippen LogP contribution in [0.1, 0.15) is 0 Å². The van der Waals surface area contributed by atoms with Gasteiger partial charge in [-0.3, -0.25) is 0 Å². The Morgan fingerprint density at radius 3 is 1.06 bits per heavy atom. The molecule has 2 aromatic heterocycles.